The lowest BCUT2D eigenvalue weighted by Gasteiger charge is -2.35. The molecule has 0 bridgehead atoms. The maximum Gasteiger partial charge on any atom is 0.219 e. The Kier molecular flexibility index (Phi) is 3.93. The number of hydrogen-bond donors (Lipinski definition) is 1. The largest absolute Gasteiger partial charge is 0.228 e. The van der Waals surface area contributed by atoms with Crippen LogP contribution in [0.3, 0.4) is 0 Å². The van der Waals surface area contributed by atoms with Crippen molar-refractivity contribution in [1.82, 2.24) is 4.31 Å². The molecule has 0 aromatic heterocycles. The van der Waals surface area contributed by atoms with Gasteiger partial charge in [0.15, 0.2) is 0 Å². The predicted octanol–water partition coefficient (Wildman–Crippen LogP) is -0.132. The topological polar surface area (TPSA) is 97.5 Å². The quantitative estimate of drug-likeness (QED) is 0.763. The number of primary sulfonamides is 1. The Morgan fingerprint density at radius 3 is 2.12 bits per heavy atom. The summed E-state index contributed by atoms with van der Waals surface area (Å²) in [5.41, 5.74) is 0. The van der Waals surface area contributed by atoms with E-state index in [1.807, 2.05) is 0 Å². The van der Waals surface area contributed by atoms with Crippen molar-refractivity contribution in [2.45, 2.75) is 43.6 Å². The summed E-state index contributed by atoms with van der Waals surface area (Å²) in [5, 5.41) is 4.29. The van der Waals surface area contributed by atoms with Gasteiger partial charge in [-0.15, -0.1) is 0 Å². The summed E-state index contributed by atoms with van der Waals surface area (Å²) in [5.74, 6) is 0. The van der Waals surface area contributed by atoms with Crippen LogP contribution in [0.2, 0.25) is 0 Å². The molecule has 17 heavy (non-hydrogen) atoms. The third-order valence-corrected chi connectivity index (χ3v) is 6.79. The Bertz CT molecular complexity index is 476. The first kappa shape index (κ1) is 14.9. The molecule has 1 fully saturated rings. The second kappa shape index (κ2) is 4.49. The molecule has 1 saturated heterocycles. The third-order valence-electron chi connectivity index (χ3n) is 2.92. The van der Waals surface area contributed by atoms with E-state index in [1.54, 1.807) is 20.8 Å². The van der Waals surface area contributed by atoms with E-state index in [4.69, 9.17) is 5.14 Å². The molecule has 1 rings (SSSR count). The summed E-state index contributed by atoms with van der Waals surface area (Å²) in [6.07, 6.45) is 0.950. The number of nitrogens with two attached hydrogens (primary N) is 1. The molecule has 0 amide bonds. The normalized spacial score (nSPS) is 24.8. The van der Waals surface area contributed by atoms with Crippen molar-refractivity contribution < 1.29 is 16.8 Å². The maximum absolute atomic E-state index is 12.2. The molecule has 0 aliphatic carbocycles. The van der Waals surface area contributed by atoms with E-state index in [9.17, 15) is 16.8 Å². The molecule has 0 aromatic rings. The number of sulfonamides is 2. The second-order valence-electron chi connectivity index (χ2n) is 5.33. The first-order valence-electron chi connectivity index (χ1n) is 5.47. The molecule has 102 valence electrons. The molecule has 2 N–H and O–H groups in total. The molecule has 1 aliphatic rings. The van der Waals surface area contributed by atoms with E-state index in [2.05, 4.69) is 0 Å². The van der Waals surface area contributed by atoms with Crippen LogP contribution in [-0.4, -0.2) is 44.2 Å². The van der Waals surface area contributed by atoms with Gasteiger partial charge in [0, 0.05) is 13.1 Å². The summed E-state index contributed by atoms with van der Waals surface area (Å²) in [6.45, 7) is 5.14. The molecule has 8 heteroatoms. The molecule has 0 aromatic carbocycles. The third kappa shape index (κ3) is 3.18. The van der Waals surface area contributed by atoms with Crippen molar-refractivity contribution in [2.24, 2.45) is 5.14 Å². The minimum atomic E-state index is -3.67. The van der Waals surface area contributed by atoms with Crippen LogP contribution in [0.1, 0.15) is 33.6 Å². The van der Waals surface area contributed by atoms with E-state index in [-0.39, 0.29) is 6.54 Å². The molecule has 1 heterocycles. The van der Waals surface area contributed by atoms with Crippen LogP contribution >= 0.6 is 0 Å². The van der Waals surface area contributed by atoms with Crippen LogP contribution in [0.4, 0.5) is 0 Å². The molecular formula is C9H20N2O4S2. The molecule has 0 radical (unpaired) electrons. The summed E-state index contributed by atoms with van der Waals surface area (Å²) < 4.78 is 47.2. The molecule has 6 nitrogen and oxygen atoms in total. The van der Waals surface area contributed by atoms with Gasteiger partial charge in [0.2, 0.25) is 20.0 Å². The van der Waals surface area contributed by atoms with Crippen LogP contribution in [-0.2, 0) is 20.0 Å². The van der Waals surface area contributed by atoms with Crippen LogP contribution in [0.5, 0.6) is 0 Å². The minimum Gasteiger partial charge on any atom is -0.228 e. The van der Waals surface area contributed by atoms with Gasteiger partial charge in [0.1, 0.15) is 0 Å². The number of hydrogen-bond acceptors (Lipinski definition) is 4. The monoisotopic (exact) mass is 284 g/mol. The van der Waals surface area contributed by atoms with E-state index in [0.29, 0.717) is 19.4 Å². The fourth-order valence-corrected chi connectivity index (χ4v) is 4.28. The Balaban J connectivity index is 2.96. The maximum atomic E-state index is 12.2. The number of nitrogens with zero attached hydrogens (tertiary/aromatic N) is 1. The van der Waals surface area contributed by atoms with Crippen molar-refractivity contribution in [3.05, 3.63) is 0 Å². The highest BCUT2D eigenvalue weighted by Crippen LogP contribution is 2.25. The lowest BCUT2D eigenvalue weighted by atomic mass is 10.2. The standard InChI is InChI=1S/C9H20N2O4S2/c1-9(2,3)17(14,15)11-6-4-5-8(7-11)16(10,12)13/h8H,4-7H2,1-3H3,(H2,10,12,13). The van der Waals surface area contributed by atoms with Crippen molar-refractivity contribution in [3.63, 3.8) is 0 Å². The zero-order valence-electron chi connectivity index (χ0n) is 10.4. The average molecular weight is 284 g/mol. The zero-order chi connectivity index (χ0) is 13.5. The highest BCUT2D eigenvalue weighted by atomic mass is 32.2. The second-order valence-corrected chi connectivity index (χ2v) is 9.86. The SMILES string of the molecule is CC(C)(C)S(=O)(=O)N1CCCC(S(N)(=O)=O)C1. The summed E-state index contributed by atoms with van der Waals surface area (Å²) in [4.78, 5) is 0. The van der Waals surface area contributed by atoms with Crippen molar-refractivity contribution >= 4 is 20.0 Å². The van der Waals surface area contributed by atoms with Crippen LogP contribution in [0, 0.1) is 0 Å². The Labute approximate surface area is 103 Å². The Morgan fingerprint density at radius 1 is 1.18 bits per heavy atom. The van der Waals surface area contributed by atoms with Crippen molar-refractivity contribution in [3.8, 4) is 0 Å². The summed E-state index contributed by atoms with van der Waals surface area (Å²) in [7, 11) is -7.15. The zero-order valence-corrected chi connectivity index (χ0v) is 12.0. The van der Waals surface area contributed by atoms with Gasteiger partial charge in [-0.3, -0.25) is 0 Å². The van der Waals surface area contributed by atoms with Crippen LogP contribution in [0.25, 0.3) is 0 Å². The van der Waals surface area contributed by atoms with Gasteiger partial charge < -0.3 is 0 Å². The summed E-state index contributed by atoms with van der Waals surface area (Å²) >= 11 is 0. The summed E-state index contributed by atoms with van der Waals surface area (Å²) in [6, 6.07) is 0. The van der Waals surface area contributed by atoms with Gasteiger partial charge in [-0.05, 0) is 33.6 Å². The minimum absolute atomic E-state index is 0.0293. The Morgan fingerprint density at radius 2 is 1.71 bits per heavy atom. The molecule has 0 spiro atoms. The average Bonchev–Trinajstić information content (AvgIpc) is 2.15. The highest BCUT2D eigenvalue weighted by molar-refractivity contribution is 7.91. The molecule has 1 atom stereocenters. The molecule has 0 saturated carbocycles. The van der Waals surface area contributed by atoms with Crippen LogP contribution < -0.4 is 5.14 Å². The van der Waals surface area contributed by atoms with E-state index < -0.39 is 30.0 Å². The molecular weight excluding hydrogens is 264 g/mol. The van der Waals surface area contributed by atoms with Gasteiger partial charge in [-0.25, -0.2) is 26.3 Å². The molecule has 1 aliphatic heterocycles. The predicted molar refractivity (Wildman–Crippen MR) is 66.4 cm³/mol. The first-order valence-corrected chi connectivity index (χ1v) is 8.52. The fourth-order valence-electron chi connectivity index (χ4n) is 1.78. The van der Waals surface area contributed by atoms with Crippen molar-refractivity contribution in [1.29, 1.82) is 0 Å². The highest BCUT2D eigenvalue weighted by Gasteiger charge is 2.39. The van der Waals surface area contributed by atoms with E-state index >= 15 is 0 Å². The number of rotatable bonds is 2. The van der Waals surface area contributed by atoms with Gasteiger partial charge in [0.25, 0.3) is 0 Å². The van der Waals surface area contributed by atoms with Gasteiger partial charge in [-0.2, -0.15) is 0 Å². The smallest absolute Gasteiger partial charge is 0.219 e. The Hall–Kier alpha value is -0.180. The fraction of sp³-hybridized carbons (Fsp3) is 1.00. The lowest BCUT2D eigenvalue weighted by Crippen LogP contribution is -2.51. The molecule has 1 unspecified atom stereocenters. The number of piperidine rings is 1. The lowest BCUT2D eigenvalue weighted by molar-refractivity contribution is 0.336. The van der Waals surface area contributed by atoms with Crippen molar-refractivity contribution in [2.75, 3.05) is 13.1 Å². The van der Waals surface area contributed by atoms with Gasteiger partial charge in [0.05, 0.1) is 10.00 Å². The van der Waals surface area contributed by atoms with E-state index in [0.717, 1.165) is 0 Å². The van der Waals surface area contributed by atoms with E-state index in [1.165, 1.54) is 4.31 Å². The van der Waals surface area contributed by atoms with Gasteiger partial charge in [-0.1, -0.05) is 0 Å². The van der Waals surface area contributed by atoms with Crippen LogP contribution in [0.15, 0.2) is 0 Å². The van der Waals surface area contributed by atoms with Gasteiger partial charge >= 0.3 is 0 Å². The first-order chi connectivity index (χ1) is 7.46.